The Morgan fingerprint density at radius 2 is 2.09 bits per heavy atom. The van der Waals surface area contributed by atoms with Gasteiger partial charge in [0, 0.05) is 23.6 Å². The van der Waals surface area contributed by atoms with Gasteiger partial charge in [0.2, 0.25) is 0 Å². The van der Waals surface area contributed by atoms with E-state index in [1.54, 1.807) is 13.0 Å². The Balaban J connectivity index is 1.70. The highest BCUT2D eigenvalue weighted by molar-refractivity contribution is 8.01. The highest BCUT2D eigenvalue weighted by atomic mass is 32.2. The van der Waals surface area contributed by atoms with Crippen molar-refractivity contribution in [3.05, 3.63) is 75.5 Å². The van der Waals surface area contributed by atoms with Gasteiger partial charge in [-0.2, -0.15) is 0 Å². The zero-order valence-electron chi connectivity index (χ0n) is 16.9. The van der Waals surface area contributed by atoms with Gasteiger partial charge >= 0.3 is 12.0 Å². The minimum atomic E-state index is -0.881. The van der Waals surface area contributed by atoms with Crippen molar-refractivity contribution in [1.82, 2.24) is 15.6 Å². The topological polar surface area (TPSA) is 123 Å². The summed E-state index contributed by atoms with van der Waals surface area (Å²) >= 11 is 2.91. The lowest BCUT2D eigenvalue weighted by Crippen LogP contribution is -2.46. The summed E-state index contributed by atoms with van der Waals surface area (Å²) < 4.78 is 7.07. The molecule has 3 aromatic rings. The third-order valence-corrected chi connectivity index (χ3v) is 6.88. The van der Waals surface area contributed by atoms with E-state index in [-0.39, 0.29) is 23.6 Å². The zero-order valence-corrected chi connectivity index (χ0v) is 18.5. The monoisotopic (exact) mass is 470 g/mol. The number of hydrogen-bond donors (Lipinski definition) is 2. The zero-order chi connectivity index (χ0) is 22.7. The number of para-hydroxylation sites is 1. The first kappa shape index (κ1) is 21.8. The molecule has 2 N–H and O–H groups in total. The highest BCUT2D eigenvalue weighted by Crippen LogP contribution is 2.34. The molecule has 32 heavy (non-hydrogen) atoms. The number of thioether (sulfide) groups is 1. The number of hydrogen-bond acceptors (Lipinski definition) is 8. The number of nitrogens with zero attached hydrogens (tertiary/aromatic N) is 2. The van der Waals surface area contributed by atoms with Gasteiger partial charge in [-0.15, -0.1) is 11.3 Å². The fraction of sp³-hybridized carbons (Fsp3) is 0.190. The molecular formula is C21H18N4O5S2. The van der Waals surface area contributed by atoms with Crippen molar-refractivity contribution in [2.45, 2.75) is 17.3 Å². The van der Waals surface area contributed by atoms with Crippen LogP contribution in [-0.4, -0.2) is 34.3 Å². The lowest BCUT2D eigenvalue weighted by Gasteiger charge is -2.29. The van der Waals surface area contributed by atoms with Gasteiger partial charge in [0.15, 0.2) is 4.34 Å². The van der Waals surface area contributed by atoms with Gasteiger partial charge in [-0.05, 0) is 24.6 Å². The van der Waals surface area contributed by atoms with E-state index in [1.165, 1.54) is 41.3 Å². The maximum Gasteiger partial charge on any atom is 0.338 e. The summed E-state index contributed by atoms with van der Waals surface area (Å²) in [5.41, 5.74) is 1.75. The number of nitro groups is 1. The molecule has 1 aliphatic rings. The molecule has 0 unspecified atom stereocenters. The van der Waals surface area contributed by atoms with Crippen LogP contribution < -0.4 is 10.6 Å². The summed E-state index contributed by atoms with van der Waals surface area (Å²) in [6.45, 7) is 1.83. The molecule has 1 atom stereocenters. The van der Waals surface area contributed by atoms with Gasteiger partial charge < -0.3 is 15.4 Å². The summed E-state index contributed by atoms with van der Waals surface area (Å²) in [6, 6.07) is 12.2. The number of urea groups is 1. The molecule has 2 aromatic carbocycles. The summed E-state index contributed by atoms with van der Waals surface area (Å²) in [5, 5.41) is 16.6. The Labute approximate surface area is 191 Å². The van der Waals surface area contributed by atoms with Crippen LogP contribution in [0.5, 0.6) is 0 Å². The second-order valence-corrected chi connectivity index (χ2v) is 8.99. The van der Waals surface area contributed by atoms with Crippen LogP contribution in [0, 0.1) is 10.1 Å². The van der Waals surface area contributed by atoms with Crippen molar-refractivity contribution in [1.29, 1.82) is 0 Å². The van der Waals surface area contributed by atoms with Gasteiger partial charge in [0.25, 0.3) is 5.69 Å². The Morgan fingerprint density at radius 3 is 2.84 bits per heavy atom. The predicted octanol–water partition coefficient (Wildman–Crippen LogP) is 4.17. The predicted molar refractivity (Wildman–Crippen MR) is 122 cm³/mol. The first-order chi connectivity index (χ1) is 15.5. The van der Waals surface area contributed by atoms with Crippen LogP contribution in [0.2, 0.25) is 0 Å². The van der Waals surface area contributed by atoms with Crippen LogP contribution in [0.4, 0.5) is 10.5 Å². The minimum absolute atomic E-state index is 0.135. The van der Waals surface area contributed by atoms with E-state index >= 15 is 0 Å². The molecule has 0 bridgehead atoms. The van der Waals surface area contributed by atoms with E-state index in [0.29, 0.717) is 11.3 Å². The van der Waals surface area contributed by atoms with Gasteiger partial charge in [-0.1, -0.05) is 36.0 Å². The molecule has 1 aromatic heterocycles. The summed E-state index contributed by atoms with van der Waals surface area (Å²) in [4.78, 5) is 40.5. The Bertz CT molecular complexity index is 1210. The van der Waals surface area contributed by atoms with E-state index < -0.39 is 23.0 Å². The van der Waals surface area contributed by atoms with E-state index in [1.807, 2.05) is 24.3 Å². The summed E-state index contributed by atoms with van der Waals surface area (Å²) in [6.07, 6.45) is 0. The summed E-state index contributed by atoms with van der Waals surface area (Å²) in [7, 11) is 0. The molecule has 0 aliphatic carbocycles. The first-order valence-electron chi connectivity index (χ1n) is 9.66. The number of fused-ring (bicyclic) bond motifs is 1. The van der Waals surface area contributed by atoms with E-state index in [2.05, 4.69) is 15.6 Å². The van der Waals surface area contributed by atoms with Crippen molar-refractivity contribution in [2.24, 2.45) is 0 Å². The maximum atomic E-state index is 12.8. The lowest BCUT2D eigenvalue weighted by atomic mass is 9.95. The number of thiazole rings is 1. The molecule has 2 amide bonds. The van der Waals surface area contributed by atoms with Crippen molar-refractivity contribution >= 4 is 51.0 Å². The van der Waals surface area contributed by atoms with Crippen molar-refractivity contribution in [3.8, 4) is 0 Å². The largest absolute Gasteiger partial charge is 0.463 e. The average molecular weight is 471 g/mol. The van der Waals surface area contributed by atoms with Crippen LogP contribution >= 0.6 is 23.1 Å². The van der Waals surface area contributed by atoms with Crippen molar-refractivity contribution < 1.29 is 19.2 Å². The second kappa shape index (κ2) is 9.37. The fourth-order valence-electron chi connectivity index (χ4n) is 3.30. The van der Waals surface area contributed by atoms with Gasteiger partial charge in [-0.3, -0.25) is 10.1 Å². The Kier molecular flexibility index (Phi) is 6.37. The molecule has 9 nitrogen and oxygen atoms in total. The number of non-ortho nitro benzene ring substituents is 1. The molecule has 0 fully saturated rings. The molecule has 4 rings (SSSR count). The van der Waals surface area contributed by atoms with E-state index in [0.717, 1.165) is 14.6 Å². The van der Waals surface area contributed by atoms with Crippen LogP contribution in [0.3, 0.4) is 0 Å². The van der Waals surface area contributed by atoms with Crippen LogP contribution in [0.1, 0.15) is 18.5 Å². The van der Waals surface area contributed by atoms with Crippen LogP contribution in [0.25, 0.3) is 10.2 Å². The molecular weight excluding hydrogens is 452 g/mol. The van der Waals surface area contributed by atoms with Gasteiger partial charge in [0.05, 0.1) is 33.4 Å². The Hall–Kier alpha value is -3.44. The fourth-order valence-corrected chi connectivity index (χ4v) is 5.33. The van der Waals surface area contributed by atoms with Crippen LogP contribution in [-0.2, 0) is 9.53 Å². The average Bonchev–Trinajstić information content (AvgIpc) is 3.20. The molecule has 1 aliphatic heterocycles. The minimum Gasteiger partial charge on any atom is -0.463 e. The quantitative estimate of drug-likeness (QED) is 0.230. The number of carbonyl (C=O) groups excluding carboxylic acids is 2. The molecule has 0 saturated carbocycles. The summed E-state index contributed by atoms with van der Waals surface area (Å²) in [5.74, 6) is -0.330. The molecule has 0 saturated heterocycles. The number of ether oxygens (including phenoxy) is 1. The third kappa shape index (κ3) is 4.58. The number of nitrogens with one attached hydrogen (secondary N) is 2. The van der Waals surface area contributed by atoms with Crippen molar-refractivity contribution in [3.63, 3.8) is 0 Å². The second-order valence-electron chi connectivity index (χ2n) is 6.73. The molecule has 0 spiro atoms. The number of amides is 2. The maximum absolute atomic E-state index is 12.8. The number of esters is 1. The SMILES string of the molecule is CCOC(=O)C1=C(CSc2nc3ccccc3s2)NC(=O)N[C@H]1c1cccc([N+](=O)[O-])c1. The number of carbonyl (C=O) groups is 2. The van der Waals surface area contributed by atoms with E-state index in [4.69, 9.17) is 4.74 Å². The van der Waals surface area contributed by atoms with Gasteiger partial charge in [0.1, 0.15) is 0 Å². The third-order valence-electron chi connectivity index (χ3n) is 4.68. The number of aromatic nitrogens is 1. The van der Waals surface area contributed by atoms with Crippen LogP contribution in [0.15, 0.2) is 64.1 Å². The first-order valence-corrected chi connectivity index (χ1v) is 11.5. The molecule has 0 radical (unpaired) electrons. The number of rotatable bonds is 7. The number of benzene rings is 2. The Morgan fingerprint density at radius 1 is 1.28 bits per heavy atom. The normalized spacial score (nSPS) is 15.9. The van der Waals surface area contributed by atoms with Gasteiger partial charge in [-0.25, -0.2) is 14.6 Å². The highest BCUT2D eigenvalue weighted by Gasteiger charge is 2.34. The number of nitro benzene ring substituents is 1. The lowest BCUT2D eigenvalue weighted by molar-refractivity contribution is -0.384. The molecule has 2 heterocycles. The molecule has 164 valence electrons. The smallest absolute Gasteiger partial charge is 0.338 e. The standard InChI is InChI=1S/C21H18N4O5S2/c1-2-30-19(26)17-15(11-31-21-23-14-8-3-4-9-16(14)32-21)22-20(27)24-18(17)12-6-5-7-13(10-12)25(28)29/h3-10,18H,2,11H2,1H3,(H2,22,24,27)/t18-/m0/s1. The molecule has 11 heteroatoms. The van der Waals surface area contributed by atoms with E-state index in [9.17, 15) is 19.7 Å². The van der Waals surface area contributed by atoms with Crippen molar-refractivity contribution in [2.75, 3.05) is 12.4 Å².